The van der Waals surface area contributed by atoms with Crippen LogP contribution in [0.25, 0.3) is 16.8 Å². The van der Waals surface area contributed by atoms with Gasteiger partial charge in [-0.2, -0.15) is 5.10 Å². The molecule has 0 aliphatic carbocycles. The minimum atomic E-state index is -0.928. The second kappa shape index (κ2) is 5.25. The highest BCUT2D eigenvalue weighted by Crippen LogP contribution is 2.23. The number of carboxylic acid groups (broad SMARTS) is 1. The zero-order valence-electron chi connectivity index (χ0n) is 11.5. The molecule has 21 heavy (non-hydrogen) atoms. The Labute approximate surface area is 122 Å². The number of aromatic nitrogens is 2. The molecule has 0 bridgehead atoms. The monoisotopic (exact) mass is 278 g/mol. The lowest BCUT2D eigenvalue weighted by Gasteiger charge is -2.03. The average molecular weight is 278 g/mol. The summed E-state index contributed by atoms with van der Waals surface area (Å²) in [6.45, 7) is 2.06. The van der Waals surface area contributed by atoms with Crippen LogP contribution in [0.5, 0.6) is 0 Å². The van der Waals surface area contributed by atoms with Crippen LogP contribution in [0.2, 0.25) is 0 Å². The third-order valence-corrected chi connectivity index (χ3v) is 3.42. The second-order valence-electron chi connectivity index (χ2n) is 4.84. The summed E-state index contributed by atoms with van der Waals surface area (Å²) in [6, 6.07) is 14.8. The molecule has 0 radical (unpaired) electrons. The Hall–Kier alpha value is -2.88. The van der Waals surface area contributed by atoms with Crippen LogP contribution in [-0.2, 0) is 0 Å². The standard InChI is InChI=1S/C17H14N2O2/c1-12-4-2-3-5-16(12)14-10-18-19(11-14)15-8-6-13(7-9-15)17(20)21/h2-11H,1H3,(H,20,21). The van der Waals surface area contributed by atoms with Crippen LogP contribution < -0.4 is 0 Å². The molecular weight excluding hydrogens is 264 g/mol. The second-order valence-corrected chi connectivity index (χ2v) is 4.84. The molecule has 1 N–H and O–H groups in total. The lowest BCUT2D eigenvalue weighted by atomic mass is 10.0. The first-order valence-electron chi connectivity index (χ1n) is 6.59. The maximum atomic E-state index is 10.9. The van der Waals surface area contributed by atoms with Crippen LogP contribution in [0.3, 0.4) is 0 Å². The number of carboxylic acids is 1. The van der Waals surface area contributed by atoms with Gasteiger partial charge in [-0.25, -0.2) is 9.48 Å². The minimum Gasteiger partial charge on any atom is -0.478 e. The topological polar surface area (TPSA) is 55.1 Å². The van der Waals surface area contributed by atoms with Crippen molar-refractivity contribution >= 4 is 5.97 Å². The molecule has 2 aromatic carbocycles. The molecule has 104 valence electrons. The van der Waals surface area contributed by atoms with Gasteiger partial charge in [-0.15, -0.1) is 0 Å². The van der Waals surface area contributed by atoms with Gasteiger partial charge in [0.05, 0.1) is 17.4 Å². The van der Waals surface area contributed by atoms with E-state index in [1.165, 1.54) is 5.56 Å². The molecular formula is C17H14N2O2. The number of rotatable bonds is 3. The summed E-state index contributed by atoms with van der Waals surface area (Å²) >= 11 is 0. The van der Waals surface area contributed by atoms with Crippen LogP contribution in [0.1, 0.15) is 15.9 Å². The van der Waals surface area contributed by atoms with Crippen molar-refractivity contribution in [3.8, 4) is 16.8 Å². The highest BCUT2D eigenvalue weighted by Gasteiger charge is 2.07. The summed E-state index contributed by atoms with van der Waals surface area (Å²) in [5, 5.41) is 13.3. The van der Waals surface area contributed by atoms with Gasteiger partial charge in [0.2, 0.25) is 0 Å². The quantitative estimate of drug-likeness (QED) is 0.797. The molecule has 1 aromatic heterocycles. The first-order chi connectivity index (χ1) is 10.1. The highest BCUT2D eigenvalue weighted by molar-refractivity contribution is 5.87. The lowest BCUT2D eigenvalue weighted by molar-refractivity contribution is 0.0697. The van der Waals surface area contributed by atoms with Gasteiger partial charge in [0.1, 0.15) is 0 Å². The Morgan fingerprint density at radius 3 is 2.48 bits per heavy atom. The third-order valence-electron chi connectivity index (χ3n) is 3.42. The Balaban J connectivity index is 1.95. The maximum absolute atomic E-state index is 10.9. The molecule has 3 rings (SSSR count). The van der Waals surface area contributed by atoms with Crippen LogP contribution in [0.15, 0.2) is 60.9 Å². The van der Waals surface area contributed by atoms with Crippen molar-refractivity contribution in [3.63, 3.8) is 0 Å². The molecule has 1 heterocycles. The van der Waals surface area contributed by atoms with E-state index in [9.17, 15) is 4.79 Å². The number of nitrogens with zero attached hydrogens (tertiary/aromatic N) is 2. The number of hydrogen-bond donors (Lipinski definition) is 1. The van der Waals surface area contributed by atoms with Gasteiger partial charge in [-0.3, -0.25) is 0 Å². The zero-order chi connectivity index (χ0) is 14.8. The summed E-state index contributed by atoms with van der Waals surface area (Å²) in [5.74, 6) is -0.928. The predicted molar refractivity (Wildman–Crippen MR) is 80.7 cm³/mol. The first-order valence-corrected chi connectivity index (χ1v) is 6.59. The molecule has 0 saturated heterocycles. The van der Waals surface area contributed by atoms with E-state index >= 15 is 0 Å². The molecule has 0 aliphatic rings. The summed E-state index contributed by atoms with van der Waals surface area (Å²) in [5.41, 5.74) is 4.48. The van der Waals surface area contributed by atoms with Crippen molar-refractivity contribution in [2.24, 2.45) is 0 Å². The Bertz CT molecular complexity index is 789. The van der Waals surface area contributed by atoms with E-state index in [1.54, 1.807) is 28.9 Å². The van der Waals surface area contributed by atoms with Crippen molar-refractivity contribution in [1.82, 2.24) is 9.78 Å². The molecule has 0 amide bonds. The van der Waals surface area contributed by atoms with Crippen molar-refractivity contribution in [3.05, 3.63) is 72.1 Å². The number of benzene rings is 2. The third kappa shape index (κ3) is 2.56. The van der Waals surface area contributed by atoms with Gasteiger partial charge in [-0.1, -0.05) is 24.3 Å². The Morgan fingerprint density at radius 2 is 1.81 bits per heavy atom. The number of aryl methyl sites for hydroxylation is 1. The van der Waals surface area contributed by atoms with E-state index in [-0.39, 0.29) is 5.56 Å². The van der Waals surface area contributed by atoms with Crippen LogP contribution >= 0.6 is 0 Å². The van der Waals surface area contributed by atoms with E-state index in [0.29, 0.717) is 0 Å². The van der Waals surface area contributed by atoms with Crippen LogP contribution in [-0.4, -0.2) is 20.9 Å². The summed E-state index contributed by atoms with van der Waals surface area (Å²) < 4.78 is 1.74. The molecule has 3 aromatic rings. The molecule has 0 unspecified atom stereocenters. The van der Waals surface area contributed by atoms with Crippen molar-refractivity contribution in [1.29, 1.82) is 0 Å². The van der Waals surface area contributed by atoms with Gasteiger partial charge < -0.3 is 5.11 Å². The fourth-order valence-electron chi connectivity index (χ4n) is 2.26. The van der Waals surface area contributed by atoms with Gasteiger partial charge in [0.15, 0.2) is 0 Å². The predicted octanol–water partition coefficient (Wildman–Crippen LogP) is 3.55. The molecule has 0 atom stereocenters. The Morgan fingerprint density at radius 1 is 1.10 bits per heavy atom. The van der Waals surface area contributed by atoms with Crippen molar-refractivity contribution in [2.45, 2.75) is 6.92 Å². The van der Waals surface area contributed by atoms with Gasteiger partial charge in [-0.05, 0) is 42.3 Å². The van der Waals surface area contributed by atoms with Crippen LogP contribution in [0, 0.1) is 6.92 Å². The number of aromatic carboxylic acids is 1. The summed E-state index contributed by atoms with van der Waals surface area (Å²) in [4.78, 5) is 10.9. The van der Waals surface area contributed by atoms with E-state index in [1.807, 2.05) is 24.5 Å². The maximum Gasteiger partial charge on any atom is 0.335 e. The van der Waals surface area contributed by atoms with Gasteiger partial charge >= 0.3 is 5.97 Å². The molecule has 0 aliphatic heterocycles. The molecule has 0 saturated carbocycles. The van der Waals surface area contributed by atoms with Gasteiger partial charge in [0.25, 0.3) is 0 Å². The molecule has 0 fully saturated rings. The van der Waals surface area contributed by atoms with E-state index < -0.39 is 5.97 Å². The largest absolute Gasteiger partial charge is 0.478 e. The van der Waals surface area contributed by atoms with E-state index in [4.69, 9.17) is 5.11 Å². The molecule has 4 nitrogen and oxygen atoms in total. The van der Waals surface area contributed by atoms with E-state index in [2.05, 4.69) is 24.2 Å². The average Bonchev–Trinajstić information content (AvgIpc) is 2.97. The van der Waals surface area contributed by atoms with Gasteiger partial charge in [0, 0.05) is 11.8 Å². The zero-order valence-corrected chi connectivity index (χ0v) is 11.5. The molecule has 4 heteroatoms. The SMILES string of the molecule is Cc1ccccc1-c1cnn(-c2ccc(C(=O)O)cc2)c1. The fraction of sp³-hybridized carbons (Fsp3) is 0.0588. The normalized spacial score (nSPS) is 10.5. The fourth-order valence-corrected chi connectivity index (χ4v) is 2.26. The van der Waals surface area contributed by atoms with Crippen LogP contribution in [0.4, 0.5) is 0 Å². The Kier molecular flexibility index (Phi) is 3.28. The number of carbonyl (C=O) groups is 1. The lowest BCUT2D eigenvalue weighted by Crippen LogP contribution is -1.98. The minimum absolute atomic E-state index is 0.269. The summed E-state index contributed by atoms with van der Waals surface area (Å²) in [7, 11) is 0. The highest BCUT2D eigenvalue weighted by atomic mass is 16.4. The summed E-state index contributed by atoms with van der Waals surface area (Å²) in [6.07, 6.45) is 3.76. The molecule has 0 spiro atoms. The smallest absolute Gasteiger partial charge is 0.335 e. The van der Waals surface area contributed by atoms with Crippen molar-refractivity contribution < 1.29 is 9.90 Å². The van der Waals surface area contributed by atoms with Crippen molar-refractivity contribution in [2.75, 3.05) is 0 Å². The van der Waals surface area contributed by atoms with E-state index in [0.717, 1.165) is 16.8 Å². The first kappa shape index (κ1) is 13.1. The number of hydrogen-bond acceptors (Lipinski definition) is 2.